The number of ether oxygens (including phenoxy) is 3. The monoisotopic (exact) mass is 533 g/mol. The summed E-state index contributed by atoms with van der Waals surface area (Å²) >= 11 is 1.44. The van der Waals surface area contributed by atoms with Crippen LogP contribution in [0.1, 0.15) is 43.4 Å². The number of thioether (sulfide) groups is 1. The molecule has 1 atom stereocenters. The number of amides is 1. The molecule has 1 fully saturated rings. The number of rotatable bonds is 10. The summed E-state index contributed by atoms with van der Waals surface area (Å²) in [6.45, 7) is 2.64. The van der Waals surface area contributed by atoms with Gasteiger partial charge in [0, 0.05) is 17.8 Å². The smallest absolute Gasteiger partial charge is 0.338 e. The van der Waals surface area contributed by atoms with Crippen LogP contribution < -0.4 is 14.8 Å². The number of carbonyl (C=O) groups excluding carboxylic acids is 2. The number of allylic oxidation sites excluding steroid dienone is 1. The number of nitrogens with zero attached hydrogens (tertiary/aromatic N) is 2. The molecule has 3 aliphatic rings. The first-order valence-electron chi connectivity index (χ1n) is 12.6. The fourth-order valence-corrected chi connectivity index (χ4v) is 5.55. The molecular weight excluding hydrogens is 502 g/mol. The van der Waals surface area contributed by atoms with Crippen LogP contribution in [0.2, 0.25) is 0 Å². The van der Waals surface area contributed by atoms with Gasteiger partial charge in [0.15, 0.2) is 5.17 Å². The van der Waals surface area contributed by atoms with Crippen molar-refractivity contribution in [3.05, 3.63) is 82.0 Å². The van der Waals surface area contributed by atoms with Gasteiger partial charge in [-0.15, -0.1) is 0 Å². The number of hydrogen-bond acceptors (Lipinski definition) is 8. The molecule has 0 bridgehead atoms. The average molecular weight is 534 g/mol. The second-order valence-electron chi connectivity index (χ2n) is 9.49. The number of benzene rings is 2. The molecule has 0 aromatic heterocycles. The van der Waals surface area contributed by atoms with E-state index < -0.39 is 12.0 Å². The molecule has 5 rings (SSSR count). The van der Waals surface area contributed by atoms with Crippen LogP contribution in [0.25, 0.3) is 0 Å². The van der Waals surface area contributed by atoms with Crippen LogP contribution in [0.3, 0.4) is 0 Å². The second kappa shape index (κ2) is 11.3. The lowest BCUT2D eigenvalue weighted by Crippen LogP contribution is -2.38. The molecule has 198 valence electrons. The Morgan fingerprint density at radius 2 is 1.89 bits per heavy atom. The van der Waals surface area contributed by atoms with Crippen LogP contribution in [0.4, 0.5) is 0 Å². The van der Waals surface area contributed by atoms with Gasteiger partial charge in [-0.25, -0.2) is 9.79 Å². The normalized spacial score (nSPS) is 18.4. The molecule has 1 saturated carbocycles. The van der Waals surface area contributed by atoms with Crippen molar-refractivity contribution in [2.24, 2.45) is 10.9 Å². The summed E-state index contributed by atoms with van der Waals surface area (Å²) in [7, 11) is 3.19. The Balaban J connectivity index is 1.50. The van der Waals surface area contributed by atoms with E-state index in [0.29, 0.717) is 40.4 Å². The summed E-state index contributed by atoms with van der Waals surface area (Å²) in [5, 5.41) is 5.67. The van der Waals surface area contributed by atoms with E-state index in [1.165, 1.54) is 11.8 Å². The van der Waals surface area contributed by atoms with E-state index in [0.717, 1.165) is 29.7 Å². The number of nitrogens with one attached hydrogen (secondary N) is 1. The van der Waals surface area contributed by atoms with Crippen LogP contribution in [0.5, 0.6) is 11.5 Å². The predicted octanol–water partition coefficient (Wildman–Crippen LogP) is 4.94. The summed E-state index contributed by atoms with van der Waals surface area (Å²) in [5.41, 5.74) is 3.32. The highest BCUT2D eigenvalue weighted by atomic mass is 32.2. The van der Waals surface area contributed by atoms with Gasteiger partial charge in [0.05, 0.1) is 38.0 Å². The maximum atomic E-state index is 13.7. The highest BCUT2D eigenvalue weighted by Crippen LogP contribution is 2.47. The number of hydrogen-bond donors (Lipinski definition) is 1. The molecule has 1 N–H and O–H groups in total. The highest BCUT2D eigenvalue weighted by Gasteiger charge is 2.42. The first-order valence-corrected chi connectivity index (χ1v) is 13.5. The summed E-state index contributed by atoms with van der Waals surface area (Å²) in [6.07, 6.45) is 2.50. The molecular formula is C29H31N3O5S. The van der Waals surface area contributed by atoms with Crippen molar-refractivity contribution in [1.29, 1.82) is 0 Å². The van der Waals surface area contributed by atoms with Crippen LogP contribution in [-0.4, -0.2) is 42.7 Å². The number of aliphatic imine (C=N–C) groups is 1. The minimum absolute atomic E-state index is 0.0548. The molecule has 1 aliphatic carbocycles. The van der Waals surface area contributed by atoms with Gasteiger partial charge >= 0.3 is 5.97 Å². The number of methoxy groups -OCH3 is 2. The zero-order valence-electron chi connectivity index (χ0n) is 21.7. The first kappa shape index (κ1) is 25.9. The van der Waals surface area contributed by atoms with Gasteiger partial charge in [0.1, 0.15) is 18.1 Å². The summed E-state index contributed by atoms with van der Waals surface area (Å²) in [5.74, 6) is 1.27. The Bertz CT molecular complexity index is 1320. The van der Waals surface area contributed by atoms with Crippen molar-refractivity contribution >= 4 is 28.8 Å². The number of esters is 1. The molecule has 0 saturated heterocycles. The molecule has 9 heteroatoms. The fourth-order valence-electron chi connectivity index (χ4n) is 4.59. The first-order chi connectivity index (χ1) is 18.5. The minimum Gasteiger partial charge on any atom is -0.497 e. The highest BCUT2D eigenvalue weighted by molar-refractivity contribution is 8.16. The summed E-state index contributed by atoms with van der Waals surface area (Å²) in [4.78, 5) is 33.2. The van der Waals surface area contributed by atoms with E-state index in [2.05, 4.69) is 5.32 Å². The van der Waals surface area contributed by atoms with Gasteiger partial charge in [-0.05, 0) is 54.9 Å². The number of carbonyl (C=O) groups is 2. The van der Waals surface area contributed by atoms with Crippen LogP contribution in [0.15, 0.2) is 75.9 Å². The molecule has 0 unspecified atom stereocenters. The van der Waals surface area contributed by atoms with Gasteiger partial charge < -0.3 is 24.4 Å². The SMILES string of the molecule is COc1ccc(OC)c([C@@H]2C(C(=O)OCc3ccccc3)=C(C)N=C3SC=C(CC(=O)NCC4CC4)N32)c1. The van der Waals surface area contributed by atoms with Gasteiger partial charge in [0.25, 0.3) is 0 Å². The topological polar surface area (TPSA) is 89.5 Å². The molecule has 0 spiro atoms. The van der Waals surface area contributed by atoms with Crippen molar-refractivity contribution in [3.8, 4) is 11.5 Å². The van der Waals surface area contributed by atoms with E-state index in [1.54, 1.807) is 14.2 Å². The molecule has 2 aliphatic heterocycles. The van der Waals surface area contributed by atoms with E-state index in [-0.39, 0.29) is 18.9 Å². The third kappa shape index (κ3) is 5.57. The zero-order valence-corrected chi connectivity index (χ0v) is 22.5. The Kier molecular flexibility index (Phi) is 7.74. The number of fused-ring (bicyclic) bond motifs is 1. The van der Waals surface area contributed by atoms with Crippen molar-refractivity contribution in [2.75, 3.05) is 20.8 Å². The molecule has 2 aromatic carbocycles. The van der Waals surface area contributed by atoms with E-state index >= 15 is 0 Å². The minimum atomic E-state index is -0.617. The lowest BCUT2D eigenvalue weighted by Gasteiger charge is -2.37. The van der Waals surface area contributed by atoms with E-state index in [4.69, 9.17) is 19.2 Å². The zero-order chi connectivity index (χ0) is 26.6. The Labute approximate surface area is 226 Å². The Morgan fingerprint density at radius 1 is 1.11 bits per heavy atom. The maximum absolute atomic E-state index is 13.7. The van der Waals surface area contributed by atoms with Crippen molar-refractivity contribution in [1.82, 2.24) is 10.2 Å². The molecule has 0 radical (unpaired) electrons. The maximum Gasteiger partial charge on any atom is 0.338 e. The summed E-state index contributed by atoms with van der Waals surface area (Å²) in [6, 6.07) is 14.4. The quantitative estimate of drug-likeness (QED) is 0.433. The third-order valence-corrected chi connectivity index (χ3v) is 7.68. The average Bonchev–Trinajstić information content (AvgIpc) is 3.70. The lowest BCUT2D eigenvalue weighted by molar-refractivity contribution is -0.141. The van der Waals surface area contributed by atoms with Crippen molar-refractivity contribution in [3.63, 3.8) is 0 Å². The van der Waals surface area contributed by atoms with Gasteiger partial charge in [-0.2, -0.15) is 0 Å². The van der Waals surface area contributed by atoms with Crippen LogP contribution in [-0.2, 0) is 20.9 Å². The van der Waals surface area contributed by atoms with Gasteiger partial charge in [-0.1, -0.05) is 42.1 Å². The predicted molar refractivity (Wildman–Crippen MR) is 147 cm³/mol. The summed E-state index contributed by atoms with van der Waals surface area (Å²) < 4.78 is 17.0. The van der Waals surface area contributed by atoms with E-state index in [1.807, 2.05) is 65.8 Å². The third-order valence-electron chi connectivity index (χ3n) is 6.79. The van der Waals surface area contributed by atoms with E-state index in [9.17, 15) is 9.59 Å². The van der Waals surface area contributed by atoms with Crippen LogP contribution in [0, 0.1) is 5.92 Å². The van der Waals surface area contributed by atoms with Crippen molar-refractivity contribution in [2.45, 2.75) is 38.8 Å². The van der Waals surface area contributed by atoms with Gasteiger partial charge in [0.2, 0.25) is 5.91 Å². The largest absolute Gasteiger partial charge is 0.497 e. The number of amidine groups is 1. The standard InChI is InChI=1S/C29H31N3O5S/c1-18-26(28(34)37-16-20-7-5-4-6-8-20)27(23-14-22(35-2)11-12-24(23)36-3)32-21(17-38-29(32)31-18)13-25(33)30-15-19-9-10-19/h4-8,11-12,14,17,19,27H,9-10,13,15-16H2,1-3H3,(H,30,33)/t27-/m1/s1. The fraction of sp³-hybridized carbons (Fsp3) is 0.345. The molecule has 8 nitrogen and oxygen atoms in total. The molecule has 38 heavy (non-hydrogen) atoms. The molecule has 2 aromatic rings. The van der Waals surface area contributed by atoms with Crippen LogP contribution >= 0.6 is 11.8 Å². The molecule has 1 amide bonds. The van der Waals surface area contributed by atoms with Crippen molar-refractivity contribution < 1.29 is 23.8 Å². The lowest BCUT2D eigenvalue weighted by atomic mass is 9.92. The molecule has 2 heterocycles. The second-order valence-corrected chi connectivity index (χ2v) is 10.3. The Morgan fingerprint density at radius 3 is 2.61 bits per heavy atom. The Hall–Kier alpha value is -3.72. The van der Waals surface area contributed by atoms with Gasteiger partial charge in [-0.3, -0.25) is 4.79 Å².